The zero-order chi connectivity index (χ0) is 21.7. The molecule has 0 saturated heterocycles. The summed E-state index contributed by atoms with van der Waals surface area (Å²) in [5, 5.41) is 2.83. The van der Waals surface area contributed by atoms with E-state index in [1.165, 1.54) is 0 Å². The van der Waals surface area contributed by atoms with Crippen LogP contribution < -0.4 is 14.8 Å². The zero-order valence-corrected chi connectivity index (χ0v) is 17.7. The fourth-order valence-electron chi connectivity index (χ4n) is 3.58. The van der Waals surface area contributed by atoms with Crippen LogP contribution in [0.25, 0.3) is 0 Å². The SMILES string of the molecule is COc1c(C)c2c(c(OC)c1CC=C(C)CCC(=O)Nc1cccnc1)C(=O)OC2. The molecule has 0 radical (unpaired) electrons. The molecular formula is C23H26N2O5. The highest BCUT2D eigenvalue weighted by atomic mass is 16.5. The molecule has 1 aromatic heterocycles. The van der Waals surface area contributed by atoms with E-state index >= 15 is 0 Å². The van der Waals surface area contributed by atoms with Gasteiger partial charge in [0.2, 0.25) is 5.91 Å². The third-order valence-electron chi connectivity index (χ3n) is 5.18. The van der Waals surface area contributed by atoms with Crippen molar-refractivity contribution in [3.8, 4) is 11.5 Å². The molecule has 1 aliphatic heterocycles. The lowest BCUT2D eigenvalue weighted by Gasteiger charge is -2.18. The van der Waals surface area contributed by atoms with Crippen LogP contribution in [-0.4, -0.2) is 31.1 Å². The Balaban J connectivity index is 1.73. The minimum Gasteiger partial charge on any atom is -0.496 e. The van der Waals surface area contributed by atoms with Gasteiger partial charge in [-0.15, -0.1) is 0 Å². The third-order valence-corrected chi connectivity index (χ3v) is 5.18. The average molecular weight is 410 g/mol. The number of anilines is 1. The predicted octanol–water partition coefficient (Wildman–Crippen LogP) is 3.99. The van der Waals surface area contributed by atoms with Crippen molar-refractivity contribution in [1.82, 2.24) is 4.98 Å². The molecule has 158 valence electrons. The second-order valence-electron chi connectivity index (χ2n) is 7.14. The third kappa shape index (κ3) is 4.45. The van der Waals surface area contributed by atoms with Crippen molar-refractivity contribution in [3.05, 3.63) is 58.4 Å². The zero-order valence-electron chi connectivity index (χ0n) is 17.7. The molecule has 1 amide bonds. The number of nitrogens with one attached hydrogen (secondary N) is 1. The normalized spacial score (nSPS) is 12.9. The molecular weight excluding hydrogens is 384 g/mol. The monoisotopic (exact) mass is 410 g/mol. The minimum absolute atomic E-state index is 0.0676. The van der Waals surface area contributed by atoms with Gasteiger partial charge in [0.05, 0.1) is 26.1 Å². The Bertz CT molecular complexity index is 983. The van der Waals surface area contributed by atoms with Crippen LogP contribution in [0.2, 0.25) is 0 Å². The molecule has 1 aromatic carbocycles. The van der Waals surface area contributed by atoms with E-state index in [-0.39, 0.29) is 18.5 Å². The van der Waals surface area contributed by atoms with Crippen LogP contribution in [0.3, 0.4) is 0 Å². The summed E-state index contributed by atoms with van der Waals surface area (Å²) in [6.07, 6.45) is 6.79. The molecule has 0 saturated carbocycles. The van der Waals surface area contributed by atoms with Crippen LogP contribution in [-0.2, 0) is 22.6 Å². The molecule has 3 rings (SSSR count). The Morgan fingerprint density at radius 1 is 1.27 bits per heavy atom. The van der Waals surface area contributed by atoms with Gasteiger partial charge < -0.3 is 19.5 Å². The quantitative estimate of drug-likeness (QED) is 0.523. The average Bonchev–Trinajstić information content (AvgIpc) is 3.13. The van der Waals surface area contributed by atoms with E-state index in [9.17, 15) is 9.59 Å². The number of carbonyl (C=O) groups excluding carboxylic acids is 2. The molecule has 2 heterocycles. The molecule has 0 aliphatic carbocycles. The number of carbonyl (C=O) groups is 2. The van der Waals surface area contributed by atoms with Gasteiger partial charge in [0.15, 0.2) is 0 Å². The van der Waals surface area contributed by atoms with Gasteiger partial charge >= 0.3 is 5.97 Å². The largest absolute Gasteiger partial charge is 0.496 e. The minimum atomic E-state index is -0.373. The molecule has 7 nitrogen and oxygen atoms in total. The summed E-state index contributed by atoms with van der Waals surface area (Å²) in [4.78, 5) is 28.3. The smallest absolute Gasteiger partial charge is 0.342 e. The lowest BCUT2D eigenvalue weighted by Crippen LogP contribution is -2.11. The highest BCUT2D eigenvalue weighted by Gasteiger charge is 2.32. The van der Waals surface area contributed by atoms with Gasteiger partial charge in [-0.25, -0.2) is 4.79 Å². The van der Waals surface area contributed by atoms with Gasteiger partial charge in [-0.3, -0.25) is 9.78 Å². The van der Waals surface area contributed by atoms with Crippen molar-refractivity contribution in [2.24, 2.45) is 0 Å². The number of nitrogens with zero attached hydrogens (tertiary/aromatic N) is 1. The first-order chi connectivity index (χ1) is 14.5. The highest BCUT2D eigenvalue weighted by Crippen LogP contribution is 2.42. The van der Waals surface area contributed by atoms with Crippen LogP contribution in [0.5, 0.6) is 11.5 Å². The van der Waals surface area contributed by atoms with Crippen molar-refractivity contribution in [2.75, 3.05) is 19.5 Å². The molecule has 0 fully saturated rings. The number of ether oxygens (including phenoxy) is 3. The first-order valence-corrected chi connectivity index (χ1v) is 9.75. The predicted molar refractivity (Wildman–Crippen MR) is 113 cm³/mol. The lowest BCUT2D eigenvalue weighted by molar-refractivity contribution is -0.116. The van der Waals surface area contributed by atoms with Gasteiger partial charge in [-0.2, -0.15) is 0 Å². The van der Waals surface area contributed by atoms with Crippen molar-refractivity contribution in [1.29, 1.82) is 0 Å². The van der Waals surface area contributed by atoms with Crippen molar-refractivity contribution in [2.45, 2.75) is 39.7 Å². The number of cyclic esters (lactones) is 1. The van der Waals surface area contributed by atoms with Crippen molar-refractivity contribution in [3.63, 3.8) is 0 Å². The first kappa shape index (κ1) is 21.4. The number of hydrogen-bond donors (Lipinski definition) is 1. The van der Waals surface area contributed by atoms with E-state index in [1.54, 1.807) is 38.7 Å². The number of amides is 1. The number of allylic oxidation sites excluding steroid dienone is 2. The van der Waals surface area contributed by atoms with Gasteiger partial charge in [0.1, 0.15) is 23.7 Å². The van der Waals surface area contributed by atoms with Crippen LogP contribution in [0.1, 0.15) is 46.8 Å². The highest BCUT2D eigenvalue weighted by molar-refractivity contribution is 5.98. The van der Waals surface area contributed by atoms with E-state index in [4.69, 9.17) is 14.2 Å². The fraction of sp³-hybridized carbons (Fsp3) is 0.348. The van der Waals surface area contributed by atoms with Gasteiger partial charge in [-0.05, 0) is 44.4 Å². The molecule has 1 N–H and O–H groups in total. The summed E-state index contributed by atoms with van der Waals surface area (Å²) in [5.41, 5.74) is 4.71. The maximum absolute atomic E-state index is 12.2. The lowest BCUT2D eigenvalue weighted by atomic mass is 9.94. The van der Waals surface area contributed by atoms with E-state index in [0.717, 1.165) is 22.3 Å². The summed E-state index contributed by atoms with van der Waals surface area (Å²) in [6.45, 7) is 4.13. The van der Waals surface area contributed by atoms with E-state index < -0.39 is 0 Å². The number of pyridine rings is 1. The Kier molecular flexibility index (Phi) is 6.72. The molecule has 30 heavy (non-hydrogen) atoms. The number of fused-ring (bicyclic) bond motifs is 1. The Morgan fingerprint density at radius 2 is 2.03 bits per heavy atom. The van der Waals surface area contributed by atoms with Gasteiger partial charge in [0.25, 0.3) is 0 Å². The maximum atomic E-state index is 12.2. The Hall–Kier alpha value is -3.35. The maximum Gasteiger partial charge on any atom is 0.342 e. The molecule has 0 bridgehead atoms. The number of benzene rings is 1. The first-order valence-electron chi connectivity index (χ1n) is 9.75. The number of methoxy groups -OCH3 is 2. The Morgan fingerprint density at radius 3 is 2.70 bits per heavy atom. The van der Waals surface area contributed by atoms with E-state index in [1.807, 2.05) is 19.9 Å². The fourth-order valence-corrected chi connectivity index (χ4v) is 3.58. The van der Waals surface area contributed by atoms with Crippen LogP contribution in [0.15, 0.2) is 36.2 Å². The van der Waals surface area contributed by atoms with E-state index in [0.29, 0.717) is 42.0 Å². The number of esters is 1. The molecule has 0 unspecified atom stereocenters. The van der Waals surface area contributed by atoms with Crippen LogP contribution in [0.4, 0.5) is 5.69 Å². The number of aromatic nitrogens is 1. The molecule has 0 spiro atoms. The van der Waals surface area contributed by atoms with Crippen molar-refractivity contribution >= 4 is 17.6 Å². The number of rotatable bonds is 8. The van der Waals surface area contributed by atoms with Crippen molar-refractivity contribution < 1.29 is 23.8 Å². The van der Waals surface area contributed by atoms with Gasteiger partial charge in [0, 0.05) is 23.7 Å². The summed E-state index contributed by atoms with van der Waals surface area (Å²) >= 11 is 0. The van der Waals surface area contributed by atoms with Crippen LogP contribution in [0, 0.1) is 6.92 Å². The van der Waals surface area contributed by atoms with Crippen LogP contribution >= 0.6 is 0 Å². The molecule has 0 atom stereocenters. The second kappa shape index (κ2) is 9.43. The summed E-state index contributed by atoms with van der Waals surface area (Å²) in [7, 11) is 3.15. The standard InChI is InChI=1S/C23H26N2O5/c1-14(8-10-19(26)25-16-6-5-11-24-12-16)7-9-17-21(28-3)15(2)18-13-30-23(27)20(18)22(17)29-4/h5-7,11-12H,8-10,13H2,1-4H3,(H,25,26). The second-order valence-corrected chi connectivity index (χ2v) is 7.14. The summed E-state index contributed by atoms with van der Waals surface area (Å²) in [6, 6.07) is 3.57. The molecule has 7 heteroatoms. The Labute approximate surface area is 176 Å². The molecule has 2 aromatic rings. The number of hydrogen-bond acceptors (Lipinski definition) is 6. The molecule has 1 aliphatic rings. The topological polar surface area (TPSA) is 86.8 Å². The summed E-state index contributed by atoms with van der Waals surface area (Å²) in [5.74, 6) is 0.749. The summed E-state index contributed by atoms with van der Waals surface area (Å²) < 4.78 is 16.4. The van der Waals surface area contributed by atoms with E-state index in [2.05, 4.69) is 10.3 Å². The van der Waals surface area contributed by atoms with Gasteiger partial charge in [-0.1, -0.05) is 11.6 Å².